The van der Waals surface area contributed by atoms with Gasteiger partial charge in [0.2, 0.25) is 0 Å². The number of carbonyl (C=O) groups excluding carboxylic acids is 1. The molecule has 6 heteroatoms. The Labute approximate surface area is 114 Å². The lowest BCUT2D eigenvalue weighted by atomic mass is 10.4. The van der Waals surface area contributed by atoms with Crippen LogP contribution < -0.4 is 0 Å². The molecule has 0 radical (unpaired) electrons. The van der Waals surface area contributed by atoms with Crippen LogP contribution in [0.15, 0.2) is 12.2 Å². The van der Waals surface area contributed by atoms with Crippen LogP contribution in [0.1, 0.15) is 19.8 Å². The van der Waals surface area contributed by atoms with Crippen LogP contribution in [-0.2, 0) is 19.0 Å². The van der Waals surface area contributed by atoms with E-state index in [0.717, 1.165) is 0 Å². The lowest BCUT2D eigenvalue weighted by molar-refractivity contribution is -0.138. The predicted molar refractivity (Wildman–Crippen MR) is 69.7 cm³/mol. The summed E-state index contributed by atoms with van der Waals surface area (Å²) in [6.45, 7) is 3.34. The zero-order valence-electron chi connectivity index (χ0n) is 11.4. The van der Waals surface area contributed by atoms with Gasteiger partial charge >= 0.3 is 5.97 Å². The average Bonchev–Trinajstić information content (AvgIpc) is 2.39. The van der Waals surface area contributed by atoms with Gasteiger partial charge in [-0.1, -0.05) is 6.08 Å². The normalized spacial score (nSPS) is 12.8. The van der Waals surface area contributed by atoms with Crippen molar-refractivity contribution in [2.24, 2.45) is 0 Å². The Morgan fingerprint density at radius 1 is 1.16 bits per heavy atom. The zero-order chi connectivity index (χ0) is 14.3. The highest BCUT2D eigenvalue weighted by molar-refractivity contribution is 5.81. The van der Waals surface area contributed by atoms with Gasteiger partial charge in [0.25, 0.3) is 0 Å². The molecule has 0 rings (SSSR count). The van der Waals surface area contributed by atoms with E-state index in [-0.39, 0.29) is 25.8 Å². The van der Waals surface area contributed by atoms with E-state index in [1.54, 1.807) is 13.0 Å². The second-order valence-corrected chi connectivity index (χ2v) is 3.90. The van der Waals surface area contributed by atoms with Crippen LogP contribution in [0, 0.1) is 0 Å². The van der Waals surface area contributed by atoms with Crippen LogP contribution in [0.4, 0.5) is 0 Å². The second kappa shape index (κ2) is 13.5. The molecule has 0 aromatic heterocycles. The molecule has 0 fully saturated rings. The summed E-state index contributed by atoms with van der Waals surface area (Å²) >= 11 is 0. The molecule has 0 aliphatic heterocycles. The van der Waals surface area contributed by atoms with Crippen molar-refractivity contribution >= 4 is 5.97 Å². The zero-order valence-corrected chi connectivity index (χ0v) is 11.4. The Balaban J connectivity index is 3.27. The van der Waals surface area contributed by atoms with Crippen molar-refractivity contribution in [3.8, 4) is 0 Å². The van der Waals surface area contributed by atoms with Crippen LogP contribution in [0.25, 0.3) is 0 Å². The Morgan fingerprint density at radius 3 is 2.37 bits per heavy atom. The van der Waals surface area contributed by atoms with Gasteiger partial charge in [-0.25, -0.2) is 4.79 Å². The molecule has 0 aromatic carbocycles. The van der Waals surface area contributed by atoms with E-state index in [2.05, 4.69) is 0 Å². The first-order valence-electron chi connectivity index (χ1n) is 6.44. The van der Waals surface area contributed by atoms with Gasteiger partial charge in [-0.15, -0.1) is 0 Å². The minimum absolute atomic E-state index is 0.0819. The van der Waals surface area contributed by atoms with Gasteiger partial charge in [0.05, 0.1) is 19.8 Å². The SMILES string of the molecule is CC=CC(=O)OCCCOCC(O)COCCCO. The Morgan fingerprint density at radius 2 is 1.79 bits per heavy atom. The number of hydrogen-bond acceptors (Lipinski definition) is 6. The maximum absolute atomic E-state index is 10.9. The van der Waals surface area contributed by atoms with Gasteiger partial charge in [-0.2, -0.15) is 0 Å². The highest BCUT2D eigenvalue weighted by Gasteiger charge is 2.04. The van der Waals surface area contributed by atoms with E-state index in [9.17, 15) is 9.90 Å². The topological polar surface area (TPSA) is 85.2 Å². The number of ether oxygens (including phenoxy) is 3. The van der Waals surface area contributed by atoms with Crippen molar-refractivity contribution in [2.75, 3.05) is 39.6 Å². The van der Waals surface area contributed by atoms with Gasteiger partial charge in [-0.3, -0.25) is 0 Å². The second-order valence-electron chi connectivity index (χ2n) is 3.90. The monoisotopic (exact) mass is 276 g/mol. The maximum Gasteiger partial charge on any atom is 0.330 e. The van der Waals surface area contributed by atoms with E-state index in [1.807, 2.05) is 0 Å². The summed E-state index contributed by atoms with van der Waals surface area (Å²) in [5.74, 6) is -0.361. The first kappa shape index (κ1) is 18.0. The van der Waals surface area contributed by atoms with Crippen molar-refractivity contribution in [1.29, 1.82) is 0 Å². The molecule has 2 N–H and O–H groups in total. The fraction of sp³-hybridized carbons (Fsp3) is 0.769. The summed E-state index contributed by atoms with van der Waals surface area (Å²) in [4.78, 5) is 10.9. The Hall–Kier alpha value is -0.950. The molecule has 0 spiro atoms. The smallest absolute Gasteiger partial charge is 0.330 e. The number of carbonyl (C=O) groups is 1. The van der Waals surface area contributed by atoms with Crippen molar-refractivity contribution in [2.45, 2.75) is 25.9 Å². The van der Waals surface area contributed by atoms with Gasteiger partial charge in [-0.05, 0) is 13.3 Å². The summed E-state index contributed by atoms with van der Waals surface area (Å²) in [5, 5.41) is 18.0. The largest absolute Gasteiger partial charge is 0.462 e. The molecule has 1 atom stereocenters. The molecule has 112 valence electrons. The number of aliphatic hydroxyl groups is 2. The summed E-state index contributed by atoms with van der Waals surface area (Å²) in [6.07, 6.45) is 3.44. The minimum atomic E-state index is -0.677. The molecule has 0 aromatic rings. The van der Waals surface area contributed by atoms with Gasteiger partial charge in [0.1, 0.15) is 6.10 Å². The fourth-order valence-electron chi connectivity index (χ4n) is 1.17. The summed E-state index contributed by atoms with van der Waals surface area (Å²) in [5.41, 5.74) is 0. The number of allylic oxidation sites excluding steroid dienone is 1. The third-order valence-corrected chi connectivity index (χ3v) is 2.05. The van der Waals surface area contributed by atoms with Crippen LogP contribution in [0.3, 0.4) is 0 Å². The predicted octanol–water partition coefficient (Wildman–Crippen LogP) is 0.272. The number of esters is 1. The third-order valence-electron chi connectivity index (χ3n) is 2.05. The maximum atomic E-state index is 10.9. The standard InChI is InChI=1S/C13H24O6/c1-2-5-13(16)19-9-4-8-18-11-12(15)10-17-7-3-6-14/h2,5,12,14-15H,3-4,6-11H2,1H3. The molecule has 0 saturated carbocycles. The molecule has 0 amide bonds. The molecule has 0 aliphatic rings. The quantitative estimate of drug-likeness (QED) is 0.302. The molecular weight excluding hydrogens is 252 g/mol. The van der Waals surface area contributed by atoms with Crippen molar-refractivity contribution < 1.29 is 29.2 Å². The van der Waals surface area contributed by atoms with Gasteiger partial charge in [0, 0.05) is 32.3 Å². The van der Waals surface area contributed by atoms with Crippen LogP contribution in [0.5, 0.6) is 0 Å². The molecule has 0 heterocycles. The van der Waals surface area contributed by atoms with Crippen molar-refractivity contribution in [3.63, 3.8) is 0 Å². The molecule has 0 saturated heterocycles. The van der Waals surface area contributed by atoms with Crippen molar-refractivity contribution in [3.05, 3.63) is 12.2 Å². The van der Waals surface area contributed by atoms with E-state index in [4.69, 9.17) is 19.3 Å². The number of aliphatic hydroxyl groups excluding tert-OH is 2. The van der Waals surface area contributed by atoms with Crippen molar-refractivity contribution in [1.82, 2.24) is 0 Å². The Bertz CT molecular complexity index is 241. The van der Waals surface area contributed by atoms with Crippen LogP contribution >= 0.6 is 0 Å². The Kier molecular flexibility index (Phi) is 12.8. The lowest BCUT2D eigenvalue weighted by Gasteiger charge is -2.11. The summed E-state index contributed by atoms with van der Waals surface area (Å²) in [6, 6.07) is 0. The molecule has 19 heavy (non-hydrogen) atoms. The first-order valence-corrected chi connectivity index (χ1v) is 6.44. The van der Waals surface area contributed by atoms with E-state index < -0.39 is 6.10 Å². The fourth-order valence-corrected chi connectivity index (χ4v) is 1.17. The molecule has 0 aliphatic carbocycles. The van der Waals surface area contributed by atoms with Gasteiger partial charge in [0.15, 0.2) is 0 Å². The summed E-state index contributed by atoms with van der Waals surface area (Å²) in [7, 11) is 0. The van der Waals surface area contributed by atoms with Crippen LogP contribution in [0.2, 0.25) is 0 Å². The van der Waals surface area contributed by atoms with Crippen LogP contribution in [-0.4, -0.2) is 61.9 Å². The van der Waals surface area contributed by atoms with Gasteiger partial charge < -0.3 is 24.4 Å². The third kappa shape index (κ3) is 13.3. The van der Waals surface area contributed by atoms with E-state index >= 15 is 0 Å². The highest BCUT2D eigenvalue weighted by Crippen LogP contribution is 1.92. The molecule has 0 bridgehead atoms. The number of hydrogen-bond donors (Lipinski definition) is 2. The minimum Gasteiger partial charge on any atom is -0.462 e. The molecule has 6 nitrogen and oxygen atoms in total. The van der Waals surface area contributed by atoms with E-state index in [0.29, 0.717) is 32.7 Å². The first-order chi connectivity index (χ1) is 9.20. The summed E-state index contributed by atoms with van der Waals surface area (Å²) < 4.78 is 15.2. The average molecular weight is 276 g/mol. The highest BCUT2D eigenvalue weighted by atomic mass is 16.5. The molecule has 1 unspecified atom stereocenters. The number of rotatable bonds is 12. The van der Waals surface area contributed by atoms with E-state index in [1.165, 1.54) is 6.08 Å². The molecular formula is C13H24O6. The lowest BCUT2D eigenvalue weighted by Crippen LogP contribution is -2.22.